The highest BCUT2D eigenvalue weighted by atomic mass is 14.8. The zero-order valence-corrected chi connectivity index (χ0v) is 32.3. The Labute approximate surface area is 299 Å². The van der Waals surface area contributed by atoms with E-state index in [-0.39, 0.29) is 0 Å². The number of nitrogens with zero attached hydrogens (tertiary/aromatic N) is 2. The molecular formula is C46H76N2. The molecule has 270 valence electrons. The summed E-state index contributed by atoms with van der Waals surface area (Å²) in [4.78, 5) is 10.5. The Kier molecular flexibility index (Phi) is 25.9. The van der Waals surface area contributed by atoms with Gasteiger partial charge in [-0.05, 0) is 86.8 Å². The predicted octanol–water partition coefficient (Wildman–Crippen LogP) is 15.8. The van der Waals surface area contributed by atoms with Crippen LogP contribution in [0.1, 0.15) is 206 Å². The third kappa shape index (κ3) is 21.0. The Morgan fingerprint density at radius 2 is 0.604 bits per heavy atom. The summed E-state index contributed by atoms with van der Waals surface area (Å²) in [6, 6.07) is 18.2. The van der Waals surface area contributed by atoms with Crippen molar-refractivity contribution in [1.82, 2.24) is 0 Å². The van der Waals surface area contributed by atoms with Crippen molar-refractivity contribution in [2.45, 2.75) is 207 Å². The SMILES string of the molecule is CCCCCCCCCCCCc1ccc(N=C(CCCC)C(CCCC)=Nc2ccc(CCCCCCCCCCCC)cc2)cc1. The largest absolute Gasteiger partial charge is 0.252 e. The zero-order chi connectivity index (χ0) is 34.3. The van der Waals surface area contributed by atoms with Crippen molar-refractivity contribution in [3.8, 4) is 0 Å². The quantitative estimate of drug-likeness (QED) is 0.0570. The first kappa shape index (κ1) is 41.9. The number of benzene rings is 2. The minimum Gasteiger partial charge on any atom is -0.252 e. The summed E-state index contributed by atoms with van der Waals surface area (Å²) in [6.07, 6.45) is 36.8. The first-order valence-electron chi connectivity index (χ1n) is 21.0. The van der Waals surface area contributed by atoms with E-state index in [1.165, 1.54) is 177 Å². The summed E-state index contributed by atoms with van der Waals surface area (Å²) in [5.41, 5.74) is 7.40. The van der Waals surface area contributed by atoms with Crippen molar-refractivity contribution in [2.24, 2.45) is 9.98 Å². The van der Waals surface area contributed by atoms with Crippen LogP contribution in [0.15, 0.2) is 58.5 Å². The summed E-state index contributed by atoms with van der Waals surface area (Å²) in [5, 5.41) is 0. The number of rotatable bonds is 31. The second-order valence-electron chi connectivity index (χ2n) is 14.5. The van der Waals surface area contributed by atoms with Crippen molar-refractivity contribution in [1.29, 1.82) is 0 Å². The first-order valence-corrected chi connectivity index (χ1v) is 21.0. The highest BCUT2D eigenvalue weighted by molar-refractivity contribution is 6.43. The molecule has 0 saturated heterocycles. The van der Waals surface area contributed by atoms with E-state index in [4.69, 9.17) is 9.98 Å². The van der Waals surface area contributed by atoms with Crippen LogP contribution in [0.4, 0.5) is 11.4 Å². The van der Waals surface area contributed by atoms with Gasteiger partial charge >= 0.3 is 0 Å². The Bertz CT molecular complexity index is 975. The molecule has 0 N–H and O–H groups in total. The Morgan fingerprint density at radius 3 is 0.896 bits per heavy atom. The predicted molar refractivity (Wildman–Crippen MR) is 217 cm³/mol. The van der Waals surface area contributed by atoms with Crippen LogP contribution in [-0.4, -0.2) is 11.4 Å². The van der Waals surface area contributed by atoms with E-state index < -0.39 is 0 Å². The van der Waals surface area contributed by atoms with Crippen molar-refractivity contribution < 1.29 is 0 Å². The van der Waals surface area contributed by atoms with E-state index in [1.54, 1.807) is 0 Å². The minimum atomic E-state index is 0.996. The molecule has 0 aliphatic heterocycles. The fraction of sp³-hybridized carbons (Fsp3) is 0.696. The van der Waals surface area contributed by atoms with Gasteiger partial charge in [0.1, 0.15) is 0 Å². The van der Waals surface area contributed by atoms with Gasteiger partial charge in [-0.25, -0.2) is 0 Å². The topological polar surface area (TPSA) is 24.7 Å². The van der Waals surface area contributed by atoms with Crippen LogP contribution in [0, 0.1) is 0 Å². The second kappa shape index (κ2) is 29.7. The fourth-order valence-electron chi connectivity index (χ4n) is 6.64. The normalized spacial score (nSPS) is 12.2. The second-order valence-corrected chi connectivity index (χ2v) is 14.5. The third-order valence-corrected chi connectivity index (χ3v) is 9.91. The molecule has 2 aromatic carbocycles. The Balaban J connectivity index is 1.89. The third-order valence-electron chi connectivity index (χ3n) is 9.91. The lowest BCUT2D eigenvalue weighted by Gasteiger charge is -2.11. The smallest absolute Gasteiger partial charge is 0.0633 e. The summed E-state index contributed by atoms with van der Waals surface area (Å²) in [5.74, 6) is 0. The molecular weight excluding hydrogens is 581 g/mol. The number of hydrogen-bond donors (Lipinski definition) is 0. The van der Waals surface area contributed by atoms with Crippen LogP contribution in [0.5, 0.6) is 0 Å². The van der Waals surface area contributed by atoms with E-state index in [2.05, 4.69) is 76.2 Å². The number of aliphatic imine (C=N–C) groups is 2. The molecule has 48 heavy (non-hydrogen) atoms. The van der Waals surface area contributed by atoms with Crippen LogP contribution in [0.2, 0.25) is 0 Å². The van der Waals surface area contributed by atoms with Gasteiger partial charge in [0.2, 0.25) is 0 Å². The number of unbranched alkanes of at least 4 members (excludes halogenated alkanes) is 20. The van der Waals surface area contributed by atoms with Gasteiger partial charge in [-0.2, -0.15) is 0 Å². The monoisotopic (exact) mass is 657 g/mol. The fourth-order valence-corrected chi connectivity index (χ4v) is 6.64. The lowest BCUT2D eigenvalue weighted by molar-refractivity contribution is 0.556. The molecule has 0 aromatic heterocycles. The van der Waals surface area contributed by atoms with Gasteiger partial charge in [-0.15, -0.1) is 0 Å². The van der Waals surface area contributed by atoms with Crippen molar-refractivity contribution in [3.63, 3.8) is 0 Å². The summed E-state index contributed by atoms with van der Waals surface area (Å²) < 4.78 is 0. The summed E-state index contributed by atoms with van der Waals surface area (Å²) in [7, 11) is 0. The lowest BCUT2D eigenvalue weighted by atomic mass is 10.0. The molecule has 0 aliphatic rings. The maximum atomic E-state index is 5.24. The van der Waals surface area contributed by atoms with Crippen LogP contribution < -0.4 is 0 Å². The highest BCUT2D eigenvalue weighted by Crippen LogP contribution is 2.22. The average Bonchev–Trinajstić information content (AvgIpc) is 3.11. The molecule has 0 spiro atoms. The molecule has 2 heteroatoms. The molecule has 0 aliphatic carbocycles. The summed E-state index contributed by atoms with van der Waals surface area (Å²) >= 11 is 0. The van der Waals surface area contributed by atoms with Gasteiger partial charge in [0, 0.05) is 0 Å². The average molecular weight is 657 g/mol. The lowest BCUT2D eigenvalue weighted by Crippen LogP contribution is -2.14. The molecule has 0 bridgehead atoms. The van der Waals surface area contributed by atoms with Crippen LogP contribution >= 0.6 is 0 Å². The standard InChI is InChI=1S/C46H76N2/c1-5-9-13-15-17-19-21-23-25-27-29-41-33-37-43(38-34-41)47-45(31-11-7-3)46(32-12-8-4)48-44-39-35-42(36-40-44)30-28-26-24-22-20-18-16-14-10-6-2/h33-40H,5-32H2,1-4H3. The number of aryl methyl sites for hydroxylation is 2. The maximum absolute atomic E-state index is 5.24. The van der Waals surface area contributed by atoms with E-state index >= 15 is 0 Å². The molecule has 0 atom stereocenters. The van der Waals surface area contributed by atoms with Gasteiger partial charge < -0.3 is 0 Å². The van der Waals surface area contributed by atoms with Crippen LogP contribution in [0.3, 0.4) is 0 Å². The van der Waals surface area contributed by atoms with Crippen LogP contribution in [0.25, 0.3) is 0 Å². The number of hydrogen-bond acceptors (Lipinski definition) is 2. The Hall–Kier alpha value is -2.22. The molecule has 0 saturated carbocycles. The Morgan fingerprint density at radius 1 is 0.333 bits per heavy atom. The van der Waals surface area contributed by atoms with Gasteiger partial charge in [0.25, 0.3) is 0 Å². The van der Waals surface area contributed by atoms with Gasteiger partial charge in [-0.3, -0.25) is 9.98 Å². The van der Waals surface area contributed by atoms with Crippen molar-refractivity contribution in [2.75, 3.05) is 0 Å². The van der Waals surface area contributed by atoms with Gasteiger partial charge in [-0.1, -0.05) is 180 Å². The molecule has 2 nitrogen and oxygen atoms in total. The molecule has 0 radical (unpaired) electrons. The minimum absolute atomic E-state index is 0.996. The molecule has 2 rings (SSSR count). The molecule has 0 amide bonds. The van der Waals surface area contributed by atoms with E-state index in [0.717, 1.165) is 37.1 Å². The molecule has 0 heterocycles. The first-order chi connectivity index (χ1) is 23.7. The maximum Gasteiger partial charge on any atom is 0.0633 e. The molecule has 0 fully saturated rings. The van der Waals surface area contributed by atoms with Gasteiger partial charge in [0.15, 0.2) is 0 Å². The summed E-state index contributed by atoms with van der Waals surface area (Å²) in [6.45, 7) is 9.14. The van der Waals surface area contributed by atoms with Crippen molar-refractivity contribution >= 4 is 22.8 Å². The zero-order valence-electron chi connectivity index (χ0n) is 32.3. The highest BCUT2D eigenvalue weighted by Gasteiger charge is 2.11. The van der Waals surface area contributed by atoms with Crippen molar-refractivity contribution in [3.05, 3.63) is 59.7 Å². The van der Waals surface area contributed by atoms with E-state index in [1.807, 2.05) is 0 Å². The molecule has 0 unspecified atom stereocenters. The molecule has 2 aromatic rings. The van der Waals surface area contributed by atoms with Gasteiger partial charge in [0.05, 0.1) is 22.8 Å². The van der Waals surface area contributed by atoms with Crippen LogP contribution in [-0.2, 0) is 12.8 Å². The van der Waals surface area contributed by atoms with E-state index in [9.17, 15) is 0 Å². The van der Waals surface area contributed by atoms with E-state index in [0.29, 0.717) is 0 Å².